The Labute approximate surface area is 169 Å². The van der Waals surface area contributed by atoms with Gasteiger partial charge in [-0.05, 0) is 55.6 Å². The molecule has 4 fully saturated rings. The molecule has 5 heterocycles. The lowest BCUT2D eigenvalue weighted by Gasteiger charge is -2.51. The Hall–Kier alpha value is -2.67. The standard InChI is InChI=1S/C22H26N4O3/c1-24-19(27)7-6-18(23-24)22(28)26-13-17(15-4-3-5-16(12-15)29-2)21-20(26)14-8-10-25(21)11-9-14/h3-7,12,14,17,20-21H,8-11,13H2,1-2H3/t17-,20+,21+/m0/s1. The Morgan fingerprint density at radius 3 is 2.66 bits per heavy atom. The van der Waals surface area contributed by atoms with E-state index in [0.29, 0.717) is 24.2 Å². The molecule has 0 unspecified atom stereocenters. The van der Waals surface area contributed by atoms with Crippen molar-refractivity contribution < 1.29 is 9.53 Å². The molecule has 152 valence electrons. The quantitative estimate of drug-likeness (QED) is 0.789. The second kappa shape index (κ2) is 6.99. The number of amides is 1. The first-order valence-corrected chi connectivity index (χ1v) is 10.3. The summed E-state index contributed by atoms with van der Waals surface area (Å²) < 4.78 is 6.68. The van der Waals surface area contributed by atoms with Crippen LogP contribution < -0.4 is 10.3 Å². The smallest absolute Gasteiger partial charge is 0.274 e. The summed E-state index contributed by atoms with van der Waals surface area (Å²) in [6.45, 7) is 2.87. The molecule has 4 saturated heterocycles. The average molecular weight is 394 g/mol. The predicted octanol–water partition coefficient (Wildman–Crippen LogP) is 1.49. The largest absolute Gasteiger partial charge is 0.497 e. The zero-order valence-electron chi connectivity index (χ0n) is 16.8. The molecule has 0 saturated carbocycles. The van der Waals surface area contributed by atoms with E-state index in [-0.39, 0.29) is 23.4 Å². The number of carbonyl (C=O) groups is 1. The van der Waals surface area contributed by atoms with Crippen LogP contribution in [0.5, 0.6) is 5.75 Å². The first-order valence-electron chi connectivity index (χ1n) is 10.3. The summed E-state index contributed by atoms with van der Waals surface area (Å²) in [5.41, 5.74) is 1.35. The summed E-state index contributed by atoms with van der Waals surface area (Å²) in [7, 11) is 3.27. The number of piperidine rings is 3. The number of rotatable bonds is 3. The van der Waals surface area contributed by atoms with Crippen molar-refractivity contribution in [3.05, 3.63) is 58.0 Å². The van der Waals surface area contributed by atoms with E-state index in [1.807, 2.05) is 17.0 Å². The molecule has 7 heteroatoms. The van der Waals surface area contributed by atoms with Crippen LogP contribution in [-0.4, -0.2) is 64.3 Å². The molecule has 0 spiro atoms. The van der Waals surface area contributed by atoms with Crippen LogP contribution in [0.2, 0.25) is 0 Å². The van der Waals surface area contributed by atoms with Gasteiger partial charge in [0.15, 0.2) is 0 Å². The van der Waals surface area contributed by atoms with E-state index in [0.717, 1.165) is 31.7 Å². The number of ether oxygens (including phenoxy) is 1. The number of hydrogen-bond acceptors (Lipinski definition) is 5. The molecular formula is C22H26N4O3. The third kappa shape index (κ3) is 2.95. The highest BCUT2D eigenvalue weighted by Gasteiger charge is 2.54. The summed E-state index contributed by atoms with van der Waals surface area (Å²) in [4.78, 5) is 29.7. The lowest BCUT2D eigenvalue weighted by atomic mass is 9.75. The lowest BCUT2D eigenvalue weighted by Crippen LogP contribution is -2.60. The number of likely N-dealkylation sites (tertiary alicyclic amines) is 1. The second-order valence-electron chi connectivity index (χ2n) is 8.38. The monoisotopic (exact) mass is 394 g/mol. The van der Waals surface area contributed by atoms with Crippen molar-refractivity contribution in [3.63, 3.8) is 0 Å². The van der Waals surface area contributed by atoms with E-state index in [2.05, 4.69) is 22.1 Å². The molecule has 0 aliphatic carbocycles. The Morgan fingerprint density at radius 1 is 1.14 bits per heavy atom. The Bertz CT molecular complexity index is 996. The van der Waals surface area contributed by atoms with Crippen molar-refractivity contribution >= 4 is 5.91 Å². The number of nitrogens with zero attached hydrogens (tertiary/aromatic N) is 4. The summed E-state index contributed by atoms with van der Waals surface area (Å²) in [6, 6.07) is 11.7. The lowest BCUT2D eigenvalue weighted by molar-refractivity contribution is -0.00365. The van der Waals surface area contributed by atoms with E-state index in [1.54, 1.807) is 20.2 Å². The van der Waals surface area contributed by atoms with Crippen LogP contribution in [0, 0.1) is 5.92 Å². The van der Waals surface area contributed by atoms with Crippen LogP contribution in [0.3, 0.4) is 0 Å². The number of hydrogen-bond donors (Lipinski definition) is 0. The maximum absolute atomic E-state index is 13.4. The van der Waals surface area contributed by atoms with Crippen LogP contribution >= 0.6 is 0 Å². The van der Waals surface area contributed by atoms with Crippen molar-refractivity contribution in [1.29, 1.82) is 0 Å². The van der Waals surface area contributed by atoms with Gasteiger partial charge in [0, 0.05) is 31.6 Å². The zero-order chi connectivity index (χ0) is 20.1. The van der Waals surface area contributed by atoms with E-state index in [9.17, 15) is 9.59 Å². The Balaban J connectivity index is 1.53. The van der Waals surface area contributed by atoms with Gasteiger partial charge in [0.05, 0.1) is 13.2 Å². The fourth-order valence-electron chi connectivity index (χ4n) is 5.58. The SMILES string of the molecule is COc1cccc([C@@H]2CN(C(=O)c3ccc(=O)n(C)n3)[C@@H]3C4CCN(CC4)[C@@H]32)c1. The summed E-state index contributed by atoms with van der Waals surface area (Å²) in [6.07, 6.45) is 2.27. The van der Waals surface area contributed by atoms with Gasteiger partial charge in [0.2, 0.25) is 0 Å². The first kappa shape index (κ1) is 18.4. The number of carbonyl (C=O) groups excluding carboxylic acids is 1. The second-order valence-corrected chi connectivity index (χ2v) is 8.38. The maximum Gasteiger partial charge on any atom is 0.274 e. The fourth-order valence-corrected chi connectivity index (χ4v) is 5.58. The number of aryl methyl sites for hydroxylation is 1. The molecule has 6 rings (SSSR count). The van der Waals surface area contributed by atoms with Gasteiger partial charge in [-0.3, -0.25) is 14.5 Å². The van der Waals surface area contributed by atoms with Crippen molar-refractivity contribution in [2.45, 2.75) is 30.8 Å². The van der Waals surface area contributed by atoms with Crippen LogP contribution in [-0.2, 0) is 7.05 Å². The minimum atomic E-state index is -0.210. The first-order chi connectivity index (χ1) is 14.1. The topological polar surface area (TPSA) is 67.7 Å². The van der Waals surface area contributed by atoms with Crippen molar-refractivity contribution in [2.75, 3.05) is 26.7 Å². The molecule has 2 aromatic rings. The van der Waals surface area contributed by atoms with Crippen molar-refractivity contribution in [2.24, 2.45) is 13.0 Å². The molecule has 4 aliphatic heterocycles. The molecule has 29 heavy (non-hydrogen) atoms. The number of aromatic nitrogens is 2. The molecule has 7 nitrogen and oxygen atoms in total. The molecule has 0 radical (unpaired) electrons. The minimum Gasteiger partial charge on any atom is -0.497 e. The van der Waals surface area contributed by atoms with Gasteiger partial charge < -0.3 is 9.64 Å². The Kier molecular flexibility index (Phi) is 4.42. The average Bonchev–Trinajstić information content (AvgIpc) is 3.19. The van der Waals surface area contributed by atoms with Crippen LogP contribution in [0.4, 0.5) is 0 Å². The van der Waals surface area contributed by atoms with Gasteiger partial charge in [-0.1, -0.05) is 12.1 Å². The summed E-state index contributed by atoms with van der Waals surface area (Å²) in [5.74, 6) is 1.54. The van der Waals surface area contributed by atoms with Crippen molar-refractivity contribution in [1.82, 2.24) is 19.6 Å². The number of benzene rings is 1. The summed E-state index contributed by atoms with van der Waals surface area (Å²) in [5, 5.41) is 4.22. The normalized spacial score (nSPS) is 30.3. The van der Waals surface area contributed by atoms with Gasteiger partial charge in [0.1, 0.15) is 11.4 Å². The van der Waals surface area contributed by atoms with Crippen LogP contribution in [0.25, 0.3) is 0 Å². The zero-order valence-corrected chi connectivity index (χ0v) is 16.8. The van der Waals surface area contributed by atoms with E-state index in [1.165, 1.54) is 16.3 Å². The third-order valence-corrected chi connectivity index (χ3v) is 6.96. The predicted molar refractivity (Wildman–Crippen MR) is 108 cm³/mol. The fraction of sp³-hybridized carbons (Fsp3) is 0.500. The van der Waals surface area contributed by atoms with Gasteiger partial charge in [0.25, 0.3) is 11.5 Å². The van der Waals surface area contributed by atoms with Crippen LogP contribution in [0.15, 0.2) is 41.2 Å². The van der Waals surface area contributed by atoms with E-state index in [4.69, 9.17) is 4.74 Å². The molecule has 1 aromatic carbocycles. The summed E-state index contributed by atoms with van der Waals surface area (Å²) >= 11 is 0. The van der Waals surface area contributed by atoms with Gasteiger partial charge in [-0.25, -0.2) is 4.68 Å². The highest BCUT2D eigenvalue weighted by molar-refractivity contribution is 5.92. The van der Waals surface area contributed by atoms with E-state index >= 15 is 0 Å². The highest BCUT2D eigenvalue weighted by Crippen LogP contribution is 2.47. The Morgan fingerprint density at radius 2 is 1.93 bits per heavy atom. The van der Waals surface area contributed by atoms with Gasteiger partial charge in [-0.15, -0.1) is 0 Å². The van der Waals surface area contributed by atoms with Gasteiger partial charge in [-0.2, -0.15) is 5.10 Å². The minimum absolute atomic E-state index is 0.0743. The van der Waals surface area contributed by atoms with E-state index < -0.39 is 0 Å². The number of methoxy groups -OCH3 is 1. The van der Waals surface area contributed by atoms with Gasteiger partial charge >= 0.3 is 0 Å². The maximum atomic E-state index is 13.4. The van der Waals surface area contributed by atoms with Crippen LogP contribution in [0.1, 0.15) is 34.8 Å². The third-order valence-electron chi connectivity index (χ3n) is 6.96. The molecule has 1 amide bonds. The molecule has 1 aromatic heterocycles. The molecule has 4 aliphatic rings. The molecular weight excluding hydrogens is 368 g/mol. The molecule has 0 N–H and O–H groups in total. The number of fused-ring (bicyclic) bond motifs is 2. The van der Waals surface area contributed by atoms with Crippen molar-refractivity contribution in [3.8, 4) is 5.75 Å². The highest BCUT2D eigenvalue weighted by atomic mass is 16.5. The molecule has 3 atom stereocenters. The molecule has 2 bridgehead atoms.